The average Bonchev–Trinajstić information content (AvgIpc) is 1.88. The third-order valence-corrected chi connectivity index (χ3v) is 6.89. The Labute approximate surface area is 79.4 Å². The summed E-state index contributed by atoms with van der Waals surface area (Å²) in [5.41, 5.74) is 0.290. The molecule has 0 fully saturated rings. The van der Waals surface area contributed by atoms with E-state index < -0.39 is 0 Å². The zero-order chi connectivity index (χ0) is 9.07. The van der Waals surface area contributed by atoms with Gasteiger partial charge in [-0.3, -0.25) is 0 Å². The van der Waals surface area contributed by atoms with E-state index in [1.165, 1.54) is 6.42 Å². The zero-order valence-electron chi connectivity index (χ0n) is 8.03. The van der Waals surface area contributed by atoms with Crippen molar-refractivity contribution in [2.24, 2.45) is 0 Å². The fraction of sp³-hybridized carbons (Fsp3) is 1.00. The van der Waals surface area contributed by atoms with Crippen molar-refractivity contribution in [1.29, 1.82) is 0 Å². The van der Waals surface area contributed by atoms with E-state index in [1.807, 2.05) is 0 Å². The van der Waals surface area contributed by atoms with Gasteiger partial charge in [0.25, 0.3) is 8.99 Å². The van der Waals surface area contributed by atoms with E-state index in [9.17, 15) is 0 Å². The molecule has 0 aliphatic carbocycles. The molecule has 0 aliphatic rings. The van der Waals surface area contributed by atoms with Crippen LogP contribution in [0.25, 0.3) is 0 Å². The number of hydrogen-bond donors (Lipinski definition) is 0. The van der Waals surface area contributed by atoms with Gasteiger partial charge in [0.05, 0.1) is 0 Å². The summed E-state index contributed by atoms with van der Waals surface area (Å²) in [4.78, 5) is 0. The topological polar surface area (TPSA) is 3.24 Å². The first-order valence-corrected chi connectivity index (χ1v) is 8.33. The lowest BCUT2D eigenvalue weighted by Crippen LogP contribution is -2.50. The molecule has 0 N–H and O–H groups in total. The van der Waals surface area contributed by atoms with Gasteiger partial charge in [0, 0.05) is 5.54 Å². The van der Waals surface area contributed by atoms with Crippen LogP contribution in [-0.4, -0.2) is 27.7 Å². The van der Waals surface area contributed by atoms with Crippen LogP contribution in [0.3, 0.4) is 0 Å². The van der Waals surface area contributed by atoms with Crippen molar-refractivity contribution in [2.75, 3.05) is 0 Å². The Hall–Kier alpha value is 0.684. The molecule has 11 heavy (non-hydrogen) atoms. The van der Waals surface area contributed by atoms with E-state index in [-0.39, 0.29) is 14.5 Å². The predicted octanol–water partition coefficient (Wildman–Crippen LogP) is 2.50. The largest absolute Gasteiger partial charge is 0.330 e. The molecule has 0 saturated heterocycles. The second-order valence-corrected chi connectivity index (χ2v) is 7.45. The monoisotopic (exact) mass is 206 g/mol. The molecule has 3 radical (unpaired) electrons. The van der Waals surface area contributed by atoms with Gasteiger partial charge in [-0.1, -0.05) is 20.0 Å². The van der Waals surface area contributed by atoms with Gasteiger partial charge < -0.3 is 4.23 Å². The quantitative estimate of drug-likeness (QED) is 0.505. The number of nitrogens with zero attached hydrogens (tertiary/aromatic N) is 1. The Morgan fingerprint density at radius 1 is 1.45 bits per heavy atom. The average molecular weight is 207 g/mol. The van der Waals surface area contributed by atoms with Gasteiger partial charge in [0.2, 0.25) is 0 Å². The highest BCUT2D eigenvalue weighted by atomic mass is 35.6. The molecule has 0 heterocycles. The van der Waals surface area contributed by atoms with Gasteiger partial charge in [-0.15, -0.1) is 11.1 Å². The Kier molecular flexibility index (Phi) is 4.94. The van der Waals surface area contributed by atoms with Crippen LogP contribution in [0.4, 0.5) is 0 Å². The van der Waals surface area contributed by atoms with Crippen LogP contribution in [0.1, 0.15) is 27.2 Å². The van der Waals surface area contributed by atoms with Crippen LogP contribution in [0, 0.1) is 0 Å². The van der Waals surface area contributed by atoms with Crippen LogP contribution >= 0.6 is 11.1 Å². The molecule has 0 unspecified atom stereocenters. The van der Waals surface area contributed by atoms with Crippen LogP contribution in [0.15, 0.2) is 0 Å². The van der Waals surface area contributed by atoms with E-state index in [1.54, 1.807) is 0 Å². The van der Waals surface area contributed by atoms with Crippen molar-refractivity contribution in [2.45, 2.75) is 45.8 Å². The van der Waals surface area contributed by atoms with Gasteiger partial charge in [0.1, 0.15) is 8.96 Å². The van der Waals surface area contributed by atoms with Crippen LogP contribution < -0.4 is 0 Å². The minimum atomic E-state index is -0.379. The molecule has 0 aromatic carbocycles. The van der Waals surface area contributed by atoms with Gasteiger partial charge >= 0.3 is 0 Å². The zero-order valence-corrected chi connectivity index (χ0v) is 10.8. The third-order valence-electron chi connectivity index (χ3n) is 2.00. The Balaban J connectivity index is 4.23. The molecular formula is C7H17ClNSi2. The van der Waals surface area contributed by atoms with Gasteiger partial charge in [0.15, 0.2) is 0 Å². The normalized spacial score (nSPS) is 13.1. The minimum Gasteiger partial charge on any atom is -0.330 e. The molecular weight excluding hydrogens is 190 g/mol. The first-order chi connectivity index (χ1) is 4.95. The van der Waals surface area contributed by atoms with Gasteiger partial charge in [-0.05, 0) is 20.3 Å². The number of halogens is 1. The first kappa shape index (κ1) is 11.7. The molecule has 1 nitrogen and oxygen atoms in total. The van der Waals surface area contributed by atoms with Crippen molar-refractivity contribution >= 4 is 29.0 Å². The fourth-order valence-corrected chi connectivity index (χ4v) is 5.60. The number of hydrogen-bond acceptors (Lipinski definition) is 1. The summed E-state index contributed by atoms with van der Waals surface area (Å²) in [5.74, 6) is 0. The molecule has 0 spiro atoms. The highest BCUT2D eigenvalue weighted by Gasteiger charge is 2.27. The van der Waals surface area contributed by atoms with Crippen molar-refractivity contribution in [3.63, 3.8) is 0 Å². The van der Waals surface area contributed by atoms with Crippen LogP contribution in [-0.2, 0) is 0 Å². The maximum atomic E-state index is 5.90. The molecule has 0 bridgehead atoms. The van der Waals surface area contributed by atoms with E-state index in [0.717, 1.165) is 0 Å². The molecule has 0 aromatic rings. The van der Waals surface area contributed by atoms with E-state index in [2.05, 4.69) is 38.1 Å². The molecule has 0 rings (SSSR count). The van der Waals surface area contributed by atoms with Crippen molar-refractivity contribution < 1.29 is 0 Å². The molecule has 0 amide bonds. The van der Waals surface area contributed by atoms with Crippen molar-refractivity contribution in [3.8, 4) is 0 Å². The standard InChI is InChI=1S/C7H17ClNSi2/c1-6-7(2,3)9(10-8)11(4)5/h6H2,1-5H3. The van der Waals surface area contributed by atoms with Crippen LogP contribution in [0.2, 0.25) is 13.1 Å². The molecule has 0 atom stereocenters. The minimum absolute atomic E-state index is 0.290. The molecule has 0 saturated carbocycles. The fourth-order valence-electron chi connectivity index (χ4n) is 0.962. The summed E-state index contributed by atoms with van der Waals surface area (Å²) in [6.45, 7) is 11.3. The maximum Gasteiger partial charge on any atom is 0.266 e. The number of rotatable bonds is 4. The van der Waals surface area contributed by atoms with Crippen LogP contribution in [0.5, 0.6) is 0 Å². The lowest BCUT2D eigenvalue weighted by Gasteiger charge is -2.38. The predicted molar refractivity (Wildman–Crippen MR) is 55.3 cm³/mol. The summed E-state index contributed by atoms with van der Waals surface area (Å²) >= 11 is 5.90. The second kappa shape index (κ2) is 4.65. The van der Waals surface area contributed by atoms with Gasteiger partial charge in [-0.2, -0.15) is 0 Å². The Bertz CT molecular complexity index is 117. The first-order valence-electron chi connectivity index (χ1n) is 3.92. The third kappa shape index (κ3) is 3.28. The van der Waals surface area contributed by atoms with E-state index in [4.69, 9.17) is 11.1 Å². The lowest BCUT2D eigenvalue weighted by molar-refractivity contribution is 0.327. The molecule has 4 heteroatoms. The summed E-state index contributed by atoms with van der Waals surface area (Å²) in [7, 11) is 0.0590. The van der Waals surface area contributed by atoms with Crippen molar-refractivity contribution in [1.82, 2.24) is 4.23 Å². The molecule has 0 aliphatic heterocycles. The second-order valence-electron chi connectivity index (χ2n) is 3.53. The van der Waals surface area contributed by atoms with E-state index in [0.29, 0.717) is 8.99 Å². The summed E-state index contributed by atoms with van der Waals surface area (Å²) < 4.78 is 2.43. The molecule has 65 valence electrons. The van der Waals surface area contributed by atoms with Crippen molar-refractivity contribution in [3.05, 3.63) is 0 Å². The highest BCUT2D eigenvalue weighted by molar-refractivity contribution is 6.95. The summed E-state index contributed by atoms with van der Waals surface area (Å²) in [5, 5.41) is 0. The summed E-state index contributed by atoms with van der Waals surface area (Å²) in [6.07, 6.45) is 1.17. The maximum absolute atomic E-state index is 5.90. The summed E-state index contributed by atoms with van der Waals surface area (Å²) in [6, 6.07) is 0. The Morgan fingerprint density at radius 3 is 2.00 bits per heavy atom. The van der Waals surface area contributed by atoms with Gasteiger partial charge in [-0.25, -0.2) is 0 Å². The highest BCUT2D eigenvalue weighted by Crippen LogP contribution is 2.19. The Morgan fingerprint density at radius 2 is 1.91 bits per heavy atom. The van der Waals surface area contributed by atoms with E-state index >= 15 is 0 Å². The molecule has 0 aromatic heterocycles. The SMILES string of the molecule is CCC(C)(C)N([Si]Cl)[Si](C)C. The smallest absolute Gasteiger partial charge is 0.266 e. The lowest BCUT2D eigenvalue weighted by atomic mass is 10.0.